The standard InChI is InChI=1S/C14H25N3S/c1-11-8-16-13(18-11)12(2)17-10-14(9-15)6-4-3-5-7-14/h8,12,17H,3-7,9-10,15H2,1-2H3. The number of thiazole rings is 1. The highest BCUT2D eigenvalue weighted by molar-refractivity contribution is 7.11. The number of nitrogens with zero attached hydrogens (tertiary/aromatic N) is 1. The minimum atomic E-state index is 0.332. The number of nitrogens with one attached hydrogen (secondary N) is 1. The number of aryl methyl sites for hydroxylation is 1. The average molecular weight is 267 g/mol. The summed E-state index contributed by atoms with van der Waals surface area (Å²) in [5.41, 5.74) is 6.35. The first-order valence-corrected chi connectivity index (χ1v) is 7.83. The molecule has 1 saturated carbocycles. The maximum absolute atomic E-state index is 6.01. The van der Waals surface area contributed by atoms with Crippen molar-refractivity contribution in [2.45, 2.75) is 52.0 Å². The van der Waals surface area contributed by atoms with Crippen LogP contribution < -0.4 is 11.1 Å². The Hall–Kier alpha value is -0.450. The average Bonchev–Trinajstić information content (AvgIpc) is 2.84. The lowest BCUT2D eigenvalue weighted by Gasteiger charge is -2.37. The molecule has 1 heterocycles. The van der Waals surface area contributed by atoms with Gasteiger partial charge in [-0.05, 0) is 38.6 Å². The van der Waals surface area contributed by atoms with Crippen molar-refractivity contribution in [3.63, 3.8) is 0 Å². The molecule has 0 spiro atoms. The van der Waals surface area contributed by atoms with Gasteiger partial charge in [-0.25, -0.2) is 4.98 Å². The number of nitrogens with two attached hydrogens (primary N) is 1. The normalized spacial score (nSPS) is 20.8. The quantitative estimate of drug-likeness (QED) is 0.862. The van der Waals surface area contributed by atoms with Crippen molar-refractivity contribution >= 4 is 11.3 Å². The maximum atomic E-state index is 6.01. The van der Waals surface area contributed by atoms with Crippen molar-refractivity contribution in [3.8, 4) is 0 Å². The van der Waals surface area contributed by atoms with Crippen LogP contribution in [0.25, 0.3) is 0 Å². The van der Waals surface area contributed by atoms with Crippen LogP contribution in [-0.2, 0) is 0 Å². The van der Waals surface area contributed by atoms with Gasteiger partial charge in [0.2, 0.25) is 0 Å². The molecule has 0 saturated heterocycles. The molecular weight excluding hydrogens is 242 g/mol. The van der Waals surface area contributed by atoms with E-state index in [1.807, 2.05) is 6.20 Å². The van der Waals surface area contributed by atoms with Crippen molar-refractivity contribution < 1.29 is 0 Å². The molecule has 0 amide bonds. The predicted octanol–water partition coefficient (Wildman–Crippen LogP) is 3.01. The lowest BCUT2D eigenvalue weighted by molar-refractivity contribution is 0.186. The Kier molecular flexibility index (Phi) is 4.76. The topological polar surface area (TPSA) is 50.9 Å². The van der Waals surface area contributed by atoms with Crippen molar-refractivity contribution in [3.05, 3.63) is 16.1 Å². The van der Waals surface area contributed by atoms with E-state index in [9.17, 15) is 0 Å². The summed E-state index contributed by atoms with van der Waals surface area (Å²) in [7, 11) is 0. The van der Waals surface area contributed by atoms with E-state index in [1.54, 1.807) is 11.3 Å². The molecule has 1 aromatic heterocycles. The Morgan fingerprint density at radius 1 is 1.44 bits per heavy atom. The number of hydrogen-bond donors (Lipinski definition) is 2. The van der Waals surface area contributed by atoms with E-state index in [-0.39, 0.29) is 0 Å². The molecule has 1 atom stereocenters. The second kappa shape index (κ2) is 6.13. The predicted molar refractivity (Wildman–Crippen MR) is 77.8 cm³/mol. The Bertz CT molecular complexity index is 369. The Morgan fingerprint density at radius 2 is 2.17 bits per heavy atom. The van der Waals surface area contributed by atoms with E-state index in [0.717, 1.165) is 13.1 Å². The second-order valence-corrected chi connectivity index (χ2v) is 6.94. The molecule has 0 radical (unpaired) electrons. The van der Waals surface area contributed by atoms with Crippen LogP contribution >= 0.6 is 11.3 Å². The largest absolute Gasteiger partial charge is 0.330 e. The van der Waals surface area contributed by atoms with Gasteiger partial charge in [0.05, 0.1) is 6.04 Å². The van der Waals surface area contributed by atoms with Gasteiger partial charge in [-0.2, -0.15) is 0 Å². The van der Waals surface area contributed by atoms with Crippen LogP contribution in [0.3, 0.4) is 0 Å². The summed E-state index contributed by atoms with van der Waals surface area (Å²) in [6.07, 6.45) is 8.56. The molecule has 1 aromatic rings. The van der Waals surface area contributed by atoms with Crippen LogP contribution in [0, 0.1) is 12.3 Å². The van der Waals surface area contributed by atoms with Gasteiger partial charge < -0.3 is 11.1 Å². The van der Waals surface area contributed by atoms with Crippen LogP contribution in [0.5, 0.6) is 0 Å². The van der Waals surface area contributed by atoms with Crippen LogP contribution in [0.15, 0.2) is 6.20 Å². The summed E-state index contributed by atoms with van der Waals surface area (Å²) < 4.78 is 0. The van der Waals surface area contributed by atoms with E-state index in [1.165, 1.54) is 42.0 Å². The first kappa shape index (κ1) is 14.0. The van der Waals surface area contributed by atoms with E-state index < -0.39 is 0 Å². The molecular formula is C14H25N3S. The monoisotopic (exact) mass is 267 g/mol. The van der Waals surface area contributed by atoms with Crippen LogP contribution in [-0.4, -0.2) is 18.1 Å². The zero-order valence-electron chi connectivity index (χ0n) is 11.5. The second-order valence-electron chi connectivity index (χ2n) is 5.68. The third kappa shape index (κ3) is 3.31. The summed E-state index contributed by atoms with van der Waals surface area (Å²) >= 11 is 1.78. The SMILES string of the molecule is Cc1cnc(C(C)NCC2(CN)CCCCC2)s1. The third-order valence-electron chi connectivity index (χ3n) is 4.14. The highest BCUT2D eigenvalue weighted by Gasteiger charge is 2.30. The summed E-state index contributed by atoms with van der Waals surface area (Å²) in [4.78, 5) is 5.74. The summed E-state index contributed by atoms with van der Waals surface area (Å²) in [5.74, 6) is 0. The molecule has 2 rings (SSSR count). The van der Waals surface area contributed by atoms with Gasteiger partial charge in [0.15, 0.2) is 0 Å². The molecule has 0 bridgehead atoms. The first-order chi connectivity index (χ1) is 8.65. The molecule has 0 aliphatic heterocycles. The van der Waals surface area contributed by atoms with Crippen LogP contribution in [0.4, 0.5) is 0 Å². The van der Waals surface area contributed by atoms with Crippen molar-refractivity contribution in [2.75, 3.05) is 13.1 Å². The lowest BCUT2D eigenvalue weighted by Crippen LogP contribution is -2.42. The van der Waals surface area contributed by atoms with Gasteiger partial charge in [0, 0.05) is 17.6 Å². The zero-order chi connectivity index (χ0) is 13.0. The van der Waals surface area contributed by atoms with Crippen molar-refractivity contribution in [1.29, 1.82) is 0 Å². The van der Waals surface area contributed by atoms with Crippen LogP contribution in [0.2, 0.25) is 0 Å². The number of rotatable bonds is 5. The minimum Gasteiger partial charge on any atom is -0.330 e. The molecule has 1 aliphatic rings. The van der Waals surface area contributed by atoms with E-state index >= 15 is 0 Å². The van der Waals surface area contributed by atoms with E-state index in [4.69, 9.17) is 5.73 Å². The van der Waals surface area contributed by atoms with Gasteiger partial charge in [-0.15, -0.1) is 11.3 Å². The third-order valence-corrected chi connectivity index (χ3v) is 5.24. The highest BCUT2D eigenvalue weighted by atomic mass is 32.1. The van der Waals surface area contributed by atoms with Crippen LogP contribution in [0.1, 0.15) is 55.0 Å². The Labute approximate surface area is 114 Å². The number of hydrogen-bond acceptors (Lipinski definition) is 4. The molecule has 18 heavy (non-hydrogen) atoms. The smallest absolute Gasteiger partial charge is 0.109 e. The van der Waals surface area contributed by atoms with Gasteiger partial charge >= 0.3 is 0 Å². The molecule has 1 unspecified atom stereocenters. The molecule has 4 heteroatoms. The van der Waals surface area contributed by atoms with Crippen molar-refractivity contribution in [2.24, 2.45) is 11.1 Å². The van der Waals surface area contributed by atoms with E-state index in [2.05, 4.69) is 24.1 Å². The Morgan fingerprint density at radius 3 is 2.72 bits per heavy atom. The zero-order valence-corrected chi connectivity index (χ0v) is 12.4. The van der Waals surface area contributed by atoms with E-state index in [0.29, 0.717) is 11.5 Å². The minimum absolute atomic E-state index is 0.332. The van der Waals surface area contributed by atoms with Gasteiger partial charge in [0.1, 0.15) is 5.01 Å². The Balaban J connectivity index is 1.89. The number of aromatic nitrogens is 1. The fourth-order valence-corrected chi connectivity index (χ4v) is 3.58. The van der Waals surface area contributed by atoms with Crippen molar-refractivity contribution in [1.82, 2.24) is 10.3 Å². The van der Waals surface area contributed by atoms with Gasteiger partial charge in [-0.1, -0.05) is 19.3 Å². The maximum Gasteiger partial charge on any atom is 0.109 e. The fraction of sp³-hybridized carbons (Fsp3) is 0.786. The molecule has 102 valence electrons. The fourth-order valence-electron chi connectivity index (χ4n) is 2.78. The summed E-state index contributed by atoms with van der Waals surface area (Å²) in [6, 6.07) is 0.342. The lowest BCUT2D eigenvalue weighted by atomic mass is 9.74. The molecule has 1 aliphatic carbocycles. The molecule has 1 fully saturated rings. The summed E-state index contributed by atoms with van der Waals surface area (Å²) in [6.45, 7) is 6.15. The first-order valence-electron chi connectivity index (χ1n) is 7.01. The summed E-state index contributed by atoms with van der Waals surface area (Å²) in [5, 5.41) is 4.83. The van der Waals surface area contributed by atoms with Gasteiger partial charge in [-0.3, -0.25) is 0 Å². The molecule has 3 nitrogen and oxygen atoms in total. The molecule has 3 N–H and O–H groups in total. The molecule has 0 aromatic carbocycles. The highest BCUT2D eigenvalue weighted by Crippen LogP contribution is 2.35. The van der Waals surface area contributed by atoms with Gasteiger partial charge in [0.25, 0.3) is 0 Å².